The number of benzene rings is 1. The molecule has 5 heteroatoms. The van der Waals surface area contributed by atoms with E-state index in [0.29, 0.717) is 5.56 Å². The summed E-state index contributed by atoms with van der Waals surface area (Å²) >= 11 is -2.36. The molecule has 0 heterocycles. The molecule has 0 saturated heterocycles. The summed E-state index contributed by atoms with van der Waals surface area (Å²) < 4.78 is 46.7. The third kappa shape index (κ3) is 4.05. The first-order chi connectivity index (χ1) is 6.90. The molecular formula is C10H11F2O2S-. The minimum absolute atomic E-state index is 0.0631. The predicted molar refractivity (Wildman–Crippen MR) is 52.6 cm³/mol. The van der Waals surface area contributed by atoms with Crippen LogP contribution in [-0.4, -0.2) is 14.7 Å². The van der Waals surface area contributed by atoms with E-state index < -0.39 is 17.0 Å². The van der Waals surface area contributed by atoms with E-state index in [1.54, 1.807) is 18.2 Å². The molecule has 1 unspecified atom stereocenters. The first kappa shape index (κ1) is 12.3. The highest BCUT2D eigenvalue weighted by atomic mass is 32.2. The Balaban J connectivity index is 2.81. The lowest BCUT2D eigenvalue weighted by atomic mass is 10.1. The third-order valence-electron chi connectivity index (χ3n) is 1.99. The molecule has 1 rings (SSSR count). The van der Waals surface area contributed by atoms with Crippen LogP contribution in [0.3, 0.4) is 0 Å². The highest BCUT2D eigenvalue weighted by Crippen LogP contribution is 2.22. The molecule has 0 amide bonds. The van der Waals surface area contributed by atoms with Gasteiger partial charge in [-0.15, -0.1) is 0 Å². The van der Waals surface area contributed by atoms with Crippen molar-refractivity contribution in [1.29, 1.82) is 0 Å². The monoisotopic (exact) mass is 233 g/mol. The van der Waals surface area contributed by atoms with Crippen LogP contribution in [0.1, 0.15) is 18.9 Å². The molecule has 0 N–H and O–H groups in total. The van der Waals surface area contributed by atoms with Crippen LogP contribution in [0.4, 0.5) is 8.78 Å². The molecular weight excluding hydrogens is 222 g/mol. The van der Waals surface area contributed by atoms with Gasteiger partial charge in [0.1, 0.15) is 0 Å². The second-order valence-corrected chi connectivity index (χ2v) is 4.32. The molecule has 0 saturated carbocycles. The maximum absolute atomic E-state index is 12.6. The van der Waals surface area contributed by atoms with Gasteiger partial charge in [-0.1, -0.05) is 18.2 Å². The quantitative estimate of drug-likeness (QED) is 0.750. The van der Waals surface area contributed by atoms with Crippen LogP contribution in [0.25, 0.3) is 0 Å². The molecule has 0 bridgehead atoms. The van der Waals surface area contributed by atoms with Crippen molar-refractivity contribution in [3.05, 3.63) is 29.8 Å². The second-order valence-electron chi connectivity index (χ2n) is 3.41. The molecule has 0 spiro atoms. The molecule has 0 aliphatic rings. The largest absolute Gasteiger partial charge is 0.768 e. The molecule has 1 aromatic rings. The Morgan fingerprint density at radius 2 is 2.00 bits per heavy atom. The molecule has 0 fully saturated rings. The Morgan fingerprint density at radius 1 is 1.40 bits per heavy atom. The summed E-state index contributed by atoms with van der Waals surface area (Å²) in [6, 6.07) is 6.17. The van der Waals surface area contributed by atoms with Gasteiger partial charge >= 0.3 is 0 Å². The molecule has 0 aliphatic heterocycles. The third-order valence-corrected chi connectivity index (χ3v) is 2.74. The average molecular weight is 233 g/mol. The lowest BCUT2D eigenvalue weighted by Crippen LogP contribution is -2.11. The van der Waals surface area contributed by atoms with E-state index in [9.17, 15) is 17.5 Å². The van der Waals surface area contributed by atoms with Gasteiger partial charge in [0.2, 0.25) is 5.92 Å². The number of aryl methyl sites for hydroxylation is 1. The van der Waals surface area contributed by atoms with E-state index in [-0.39, 0.29) is 17.7 Å². The van der Waals surface area contributed by atoms with Crippen LogP contribution in [0.5, 0.6) is 0 Å². The second kappa shape index (κ2) is 4.81. The SMILES string of the molecule is CC(F)(F)CCc1ccccc1S(=O)[O-]. The Hall–Kier alpha value is -0.810. The van der Waals surface area contributed by atoms with Gasteiger partial charge in [0.25, 0.3) is 0 Å². The Kier molecular flexibility index (Phi) is 3.93. The van der Waals surface area contributed by atoms with E-state index >= 15 is 0 Å². The standard InChI is InChI=1S/C10H12F2O2S/c1-10(11,12)7-6-8-4-2-3-5-9(8)15(13)14/h2-5H,6-7H2,1H3,(H,13,14)/p-1. The fourth-order valence-corrected chi connectivity index (χ4v) is 1.80. The summed E-state index contributed by atoms with van der Waals surface area (Å²) in [4.78, 5) is 0.0988. The van der Waals surface area contributed by atoms with Gasteiger partial charge in [-0.05, 0) is 36.1 Å². The van der Waals surface area contributed by atoms with Crippen molar-refractivity contribution in [3.63, 3.8) is 0 Å². The Bertz CT molecular complexity index is 361. The minimum atomic E-state index is -2.77. The molecule has 84 valence electrons. The smallest absolute Gasteiger partial charge is 0.245 e. The topological polar surface area (TPSA) is 40.1 Å². The van der Waals surface area contributed by atoms with Gasteiger partial charge in [-0.3, -0.25) is 4.21 Å². The van der Waals surface area contributed by atoms with Crippen molar-refractivity contribution in [2.24, 2.45) is 0 Å². The molecule has 0 aliphatic carbocycles. The normalized spacial score (nSPS) is 13.9. The summed E-state index contributed by atoms with van der Waals surface area (Å²) in [5.41, 5.74) is 0.437. The van der Waals surface area contributed by atoms with Crippen molar-refractivity contribution in [2.75, 3.05) is 0 Å². The van der Waals surface area contributed by atoms with Gasteiger partial charge < -0.3 is 4.55 Å². The predicted octanol–water partition coefficient (Wildman–Crippen LogP) is 2.51. The molecule has 15 heavy (non-hydrogen) atoms. The summed E-state index contributed by atoms with van der Waals surface area (Å²) in [6.07, 6.45) is -0.283. The number of alkyl halides is 2. The van der Waals surface area contributed by atoms with Crippen molar-refractivity contribution < 1.29 is 17.5 Å². The van der Waals surface area contributed by atoms with Crippen LogP contribution in [0, 0.1) is 0 Å². The minimum Gasteiger partial charge on any atom is -0.768 e. The number of hydrogen-bond donors (Lipinski definition) is 0. The van der Waals surface area contributed by atoms with Gasteiger partial charge in [0, 0.05) is 11.3 Å². The van der Waals surface area contributed by atoms with Crippen LogP contribution in [-0.2, 0) is 17.5 Å². The van der Waals surface area contributed by atoms with E-state index in [0.717, 1.165) is 6.92 Å². The highest BCUT2D eigenvalue weighted by molar-refractivity contribution is 7.79. The maximum atomic E-state index is 12.6. The van der Waals surface area contributed by atoms with Crippen molar-refractivity contribution in [3.8, 4) is 0 Å². The number of rotatable bonds is 4. The Labute approximate surface area is 89.6 Å². The Morgan fingerprint density at radius 3 is 2.53 bits per heavy atom. The summed E-state index contributed by atoms with van der Waals surface area (Å²) in [7, 11) is 0. The van der Waals surface area contributed by atoms with Crippen molar-refractivity contribution in [2.45, 2.75) is 30.6 Å². The average Bonchev–Trinajstić information content (AvgIpc) is 2.14. The fourth-order valence-electron chi connectivity index (χ4n) is 1.23. The van der Waals surface area contributed by atoms with E-state index in [2.05, 4.69) is 0 Å². The number of halogens is 2. The van der Waals surface area contributed by atoms with Crippen LogP contribution in [0.15, 0.2) is 29.2 Å². The van der Waals surface area contributed by atoms with Gasteiger partial charge in [-0.25, -0.2) is 8.78 Å². The lowest BCUT2D eigenvalue weighted by molar-refractivity contribution is 0.0131. The maximum Gasteiger partial charge on any atom is 0.245 e. The zero-order valence-corrected chi connectivity index (χ0v) is 9.02. The molecule has 0 radical (unpaired) electrons. The van der Waals surface area contributed by atoms with Crippen LogP contribution >= 0.6 is 0 Å². The highest BCUT2D eigenvalue weighted by Gasteiger charge is 2.20. The van der Waals surface area contributed by atoms with E-state index in [1.165, 1.54) is 6.07 Å². The van der Waals surface area contributed by atoms with Crippen LogP contribution < -0.4 is 0 Å². The molecule has 1 aromatic carbocycles. The van der Waals surface area contributed by atoms with Crippen LogP contribution in [0.2, 0.25) is 0 Å². The number of hydrogen-bond acceptors (Lipinski definition) is 2. The summed E-state index contributed by atoms with van der Waals surface area (Å²) in [5, 5.41) is 0. The van der Waals surface area contributed by atoms with Gasteiger partial charge in [-0.2, -0.15) is 0 Å². The zero-order valence-electron chi connectivity index (χ0n) is 8.20. The first-order valence-corrected chi connectivity index (χ1v) is 5.52. The van der Waals surface area contributed by atoms with Crippen molar-refractivity contribution in [1.82, 2.24) is 0 Å². The molecule has 2 nitrogen and oxygen atoms in total. The van der Waals surface area contributed by atoms with Gasteiger partial charge in [0.05, 0.1) is 0 Å². The molecule has 0 aromatic heterocycles. The van der Waals surface area contributed by atoms with E-state index in [4.69, 9.17) is 0 Å². The van der Waals surface area contributed by atoms with Gasteiger partial charge in [0.15, 0.2) is 0 Å². The molecule has 1 atom stereocenters. The lowest BCUT2D eigenvalue weighted by Gasteiger charge is -2.14. The summed E-state index contributed by atoms with van der Waals surface area (Å²) in [5.74, 6) is -2.77. The first-order valence-electron chi connectivity index (χ1n) is 4.45. The van der Waals surface area contributed by atoms with E-state index in [1.807, 2.05) is 0 Å². The summed E-state index contributed by atoms with van der Waals surface area (Å²) in [6.45, 7) is 0.823. The van der Waals surface area contributed by atoms with Crippen molar-refractivity contribution >= 4 is 11.1 Å². The zero-order chi connectivity index (χ0) is 11.5. The fraction of sp³-hybridized carbons (Fsp3) is 0.400.